The fourth-order valence-corrected chi connectivity index (χ4v) is 4.69. The second kappa shape index (κ2) is 13.8. The molecule has 2 aliphatic heterocycles. The SMILES string of the molecule is CC(=O)N[C@@H](CNC(=O)[C@@H]1CCCN(C(=O)CCC2CCNCC2)C1)C(=O)OCc1ccccc1. The first-order chi connectivity index (χ1) is 16.9. The molecule has 0 aromatic heterocycles. The molecule has 2 atom stereocenters. The molecule has 3 rings (SSSR count). The minimum atomic E-state index is -0.980. The number of nitrogens with one attached hydrogen (secondary N) is 3. The van der Waals surface area contributed by atoms with Crippen LogP contribution in [-0.4, -0.2) is 67.4 Å². The van der Waals surface area contributed by atoms with E-state index in [1.165, 1.54) is 6.92 Å². The third-order valence-corrected chi connectivity index (χ3v) is 6.74. The fourth-order valence-electron chi connectivity index (χ4n) is 4.69. The van der Waals surface area contributed by atoms with Crippen LogP contribution in [0.4, 0.5) is 0 Å². The number of nitrogens with zero attached hydrogens (tertiary/aromatic N) is 1. The van der Waals surface area contributed by atoms with Crippen molar-refractivity contribution in [1.29, 1.82) is 0 Å². The van der Waals surface area contributed by atoms with Gasteiger partial charge in [0, 0.05) is 33.0 Å². The summed E-state index contributed by atoms with van der Waals surface area (Å²) < 4.78 is 5.33. The number of hydrogen-bond acceptors (Lipinski definition) is 6. The van der Waals surface area contributed by atoms with E-state index in [0.717, 1.165) is 44.3 Å². The third-order valence-electron chi connectivity index (χ3n) is 6.74. The lowest BCUT2D eigenvalue weighted by molar-refractivity contribution is -0.149. The highest BCUT2D eigenvalue weighted by Crippen LogP contribution is 2.21. The number of likely N-dealkylation sites (tertiary alicyclic amines) is 1. The van der Waals surface area contributed by atoms with Gasteiger partial charge in [0.1, 0.15) is 12.6 Å². The van der Waals surface area contributed by atoms with Crippen LogP contribution in [0.15, 0.2) is 30.3 Å². The zero-order chi connectivity index (χ0) is 25.0. The summed E-state index contributed by atoms with van der Waals surface area (Å²) >= 11 is 0. The molecule has 0 bridgehead atoms. The maximum Gasteiger partial charge on any atom is 0.330 e. The van der Waals surface area contributed by atoms with Crippen molar-refractivity contribution in [3.05, 3.63) is 35.9 Å². The molecule has 2 heterocycles. The average molecular weight is 487 g/mol. The third kappa shape index (κ3) is 8.98. The van der Waals surface area contributed by atoms with E-state index < -0.39 is 12.0 Å². The molecular weight excluding hydrogens is 448 g/mol. The van der Waals surface area contributed by atoms with Gasteiger partial charge in [-0.25, -0.2) is 4.79 Å². The Balaban J connectivity index is 1.45. The summed E-state index contributed by atoms with van der Waals surface area (Å²) in [5, 5.41) is 8.68. The van der Waals surface area contributed by atoms with Crippen molar-refractivity contribution in [1.82, 2.24) is 20.9 Å². The highest BCUT2D eigenvalue weighted by Gasteiger charge is 2.30. The molecule has 2 fully saturated rings. The van der Waals surface area contributed by atoms with E-state index in [4.69, 9.17) is 4.74 Å². The highest BCUT2D eigenvalue weighted by atomic mass is 16.5. The molecule has 2 aliphatic rings. The van der Waals surface area contributed by atoms with E-state index in [1.54, 1.807) is 4.90 Å². The lowest BCUT2D eigenvalue weighted by Gasteiger charge is -2.33. The van der Waals surface area contributed by atoms with E-state index in [0.29, 0.717) is 31.8 Å². The zero-order valence-electron chi connectivity index (χ0n) is 20.6. The van der Waals surface area contributed by atoms with Crippen molar-refractivity contribution in [2.75, 3.05) is 32.7 Å². The van der Waals surface area contributed by atoms with Crippen LogP contribution in [0.5, 0.6) is 0 Å². The Morgan fingerprint density at radius 2 is 1.86 bits per heavy atom. The molecule has 35 heavy (non-hydrogen) atoms. The Bertz CT molecular complexity index is 857. The molecule has 3 amide bonds. The van der Waals surface area contributed by atoms with Gasteiger partial charge in [0.25, 0.3) is 0 Å². The standard InChI is InChI=1S/C26H38N4O5/c1-19(31)29-23(26(34)35-18-21-6-3-2-4-7-21)16-28-25(33)22-8-5-15-30(17-22)24(32)10-9-20-11-13-27-14-12-20/h2-4,6-7,20,22-23,27H,5,8-18H2,1H3,(H,28,33)(H,29,31)/t22-,23+/m1/s1. The number of hydrogen-bond donors (Lipinski definition) is 3. The smallest absolute Gasteiger partial charge is 0.330 e. The molecule has 1 aromatic rings. The van der Waals surface area contributed by atoms with Crippen LogP contribution in [0.3, 0.4) is 0 Å². The number of amides is 3. The number of ether oxygens (including phenoxy) is 1. The highest BCUT2D eigenvalue weighted by molar-refractivity contribution is 5.85. The number of piperidine rings is 2. The van der Waals surface area contributed by atoms with Gasteiger partial charge in [-0.3, -0.25) is 14.4 Å². The number of carbonyl (C=O) groups is 4. The van der Waals surface area contributed by atoms with Crippen LogP contribution in [0.25, 0.3) is 0 Å². The van der Waals surface area contributed by atoms with Gasteiger partial charge >= 0.3 is 5.97 Å². The monoisotopic (exact) mass is 486 g/mol. The zero-order valence-corrected chi connectivity index (χ0v) is 20.6. The first-order valence-corrected chi connectivity index (χ1v) is 12.7. The lowest BCUT2D eigenvalue weighted by Crippen LogP contribution is -2.51. The van der Waals surface area contributed by atoms with Crippen molar-refractivity contribution >= 4 is 23.7 Å². The molecule has 3 N–H and O–H groups in total. The molecule has 2 saturated heterocycles. The van der Waals surface area contributed by atoms with Gasteiger partial charge in [0.15, 0.2) is 0 Å². The van der Waals surface area contributed by atoms with E-state index in [2.05, 4.69) is 16.0 Å². The minimum Gasteiger partial charge on any atom is -0.459 e. The van der Waals surface area contributed by atoms with Gasteiger partial charge in [-0.1, -0.05) is 30.3 Å². The van der Waals surface area contributed by atoms with Crippen LogP contribution in [0, 0.1) is 11.8 Å². The summed E-state index contributed by atoms with van der Waals surface area (Å²) in [4.78, 5) is 51.5. The summed E-state index contributed by atoms with van der Waals surface area (Å²) in [7, 11) is 0. The molecule has 0 unspecified atom stereocenters. The summed E-state index contributed by atoms with van der Waals surface area (Å²) in [6, 6.07) is 8.26. The van der Waals surface area contributed by atoms with Gasteiger partial charge in [-0.15, -0.1) is 0 Å². The molecule has 9 nitrogen and oxygen atoms in total. The fraction of sp³-hybridized carbons (Fsp3) is 0.615. The number of benzene rings is 1. The Labute approximate surface area is 207 Å². The van der Waals surface area contributed by atoms with Gasteiger partial charge in [-0.2, -0.15) is 0 Å². The Morgan fingerprint density at radius 1 is 1.11 bits per heavy atom. The van der Waals surface area contributed by atoms with Gasteiger partial charge in [-0.05, 0) is 56.7 Å². The lowest BCUT2D eigenvalue weighted by atomic mass is 9.92. The summed E-state index contributed by atoms with van der Waals surface area (Å²) in [6.45, 7) is 4.43. The number of esters is 1. The van der Waals surface area contributed by atoms with Crippen LogP contribution >= 0.6 is 0 Å². The molecule has 0 spiro atoms. The summed E-state index contributed by atoms with van der Waals surface area (Å²) in [6.07, 6.45) is 5.11. The minimum absolute atomic E-state index is 0.0633. The molecule has 0 aliphatic carbocycles. The topological polar surface area (TPSA) is 117 Å². The normalized spacial score (nSPS) is 19.5. The van der Waals surface area contributed by atoms with E-state index in [-0.39, 0.29) is 36.8 Å². The molecule has 0 radical (unpaired) electrons. The first kappa shape index (κ1) is 26.7. The molecule has 1 aromatic carbocycles. The average Bonchev–Trinajstić information content (AvgIpc) is 2.89. The van der Waals surface area contributed by atoms with Gasteiger partial charge < -0.3 is 25.6 Å². The predicted molar refractivity (Wildman–Crippen MR) is 131 cm³/mol. The van der Waals surface area contributed by atoms with Gasteiger partial charge in [0.05, 0.1) is 5.92 Å². The van der Waals surface area contributed by atoms with Crippen LogP contribution in [0.2, 0.25) is 0 Å². The number of carbonyl (C=O) groups excluding carboxylic acids is 4. The second-order valence-electron chi connectivity index (χ2n) is 9.50. The second-order valence-corrected chi connectivity index (χ2v) is 9.50. The van der Waals surface area contributed by atoms with Crippen molar-refractivity contribution in [2.45, 2.75) is 58.1 Å². The number of rotatable bonds is 10. The van der Waals surface area contributed by atoms with Gasteiger partial charge in [0.2, 0.25) is 17.7 Å². The predicted octanol–water partition coefficient (Wildman–Crippen LogP) is 1.37. The Morgan fingerprint density at radius 3 is 2.57 bits per heavy atom. The van der Waals surface area contributed by atoms with Crippen LogP contribution < -0.4 is 16.0 Å². The van der Waals surface area contributed by atoms with E-state index >= 15 is 0 Å². The maximum absolute atomic E-state index is 12.8. The maximum atomic E-state index is 12.8. The summed E-state index contributed by atoms with van der Waals surface area (Å²) in [5.41, 5.74) is 0.832. The molecule has 0 saturated carbocycles. The van der Waals surface area contributed by atoms with Crippen molar-refractivity contribution < 1.29 is 23.9 Å². The Hall–Kier alpha value is -2.94. The molecular formula is C26H38N4O5. The van der Waals surface area contributed by atoms with Crippen molar-refractivity contribution in [2.24, 2.45) is 11.8 Å². The van der Waals surface area contributed by atoms with E-state index in [1.807, 2.05) is 30.3 Å². The Kier molecular flexibility index (Phi) is 10.5. The van der Waals surface area contributed by atoms with Crippen molar-refractivity contribution in [3.8, 4) is 0 Å². The first-order valence-electron chi connectivity index (χ1n) is 12.7. The van der Waals surface area contributed by atoms with Crippen LogP contribution in [0.1, 0.15) is 51.0 Å². The molecule has 9 heteroatoms. The largest absolute Gasteiger partial charge is 0.459 e. The summed E-state index contributed by atoms with van der Waals surface area (Å²) in [5.74, 6) is -0.832. The van der Waals surface area contributed by atoms with E-state index in [9.17, 15) is 19.2 Å². The van der Waals surface area contributed by atoms with Crippen molar-refractivity contribution in [3.63, 3.8) is 0 Å². The van der Waals surface area contributed by atoms with Crippen LogP contribution in [-0.2, 0) is 30.5 Å². The quantitative estimate of drug-likeness (QED) is 0.430. The molecule has 192 valence electrons.